The van der Waals surface area contributed by atoms with Crippen LogP contribution in [0.4, 0.5) is 8.78 Å². The summed E-state index contributed by atoms with van der Waals surface area (Å²) in [6, 6.07) is 9.16. The maximum atomic E-state index is 11.9. The van der Waals surface area contributed by atoms with E-state index in [1.54, 1.807) is 18.2 Å². The van der Waals surface area contributed by atoms with Gasteiger partial charge in [0.2, 0.25) is 6.43 Å². The van der Waals surface area contributed by atoms with Gasteiger partial charge in [0.15, 0.2) is 0 Å². The first-order valence-corrected chi connectivity index (χ1v) is 5.08. The van der Waals surface area contributed by atoms with Crippen LogP contribution in [0.2, 0.25) is 0 Å². The van der Waals surface area contributed by atoms with Gasteiger partial charge in [0.1, 0.15) is 0 Å². The Hall–Kier alpha value is -1.08. The summed E-state index contributed by atoms with van der Waals surface area (Å²) in [4.78, 5) is 0.790. The molecule has 0 spiro atoms. The van der Waals surface area contributed by atoms with Gasteiger partial charge in [0, 0.05) is 4.90 Å². The average molecular weight is 213 g/mol. The molecule has 1 aromatic rings. The van der Waals surface area contributed by atoms with E-state index in [4.69, 9.17) is 5.26 Å². The molecule has 0 N–H and O–H groups in total. The standard InChI is InChI=1S/C10H9F2NS/c11-10(12)7-14-9-3-1-2-8(6-9)4-5-13/h1-3,6,10H,4,7H2. The van der Waals surface area contributed by atoms with Gasteiger partial charge in [-0.15, -0.1) is 11.8 Å². The van der Waals surface area contributed by atoms with Crippen LogP contribution in [-0.2, 0) is 6.42 Å². The van der Waals surface area contributed by atoms with Crippen LogP contribution >= 0.6 is 11.8 Å². The van der Waals surface area contributed by atoms with E-state index in [9.17, 15) is 8.78 Å². The molecule has 0 amide bonds. The van der Waals surface area contributed by atoms with Gasteiger partial charge in [0.05, 0.1) is 18.2 Å². The molecule has 0 atom stereocenters. The number of benzene rings is 1. The summed E-state index contributed by atoms with van der Waals surface area (Å²) in [6.07, 6.45) is -1.97. The number of halogens is 2. The highest BCUT2D eigenvalue weighted by atomic mass is 32.2. The van der Waals surface area contributed by atoms with E-state index in [0.29, 0.717) is 6.42 Å². The van der Waals surface area contributed by atoms with Crippen LogP contribution in [0.25, 0.3) is 0 Å². The third-order valence-electron chi connectivity index (χ3n) is 1.56. The molecule has 0 unspecified atom stereocenters. The second-order valence-electron chi connectivity index (χ2n) is 2.68. The molecule has 0 fully saturated rings. The van der Waals surface area contributed by atoms with E-state index < -0.39 is 6.43 Å². The molecule has 1 nitrogen and oxygen atoms in total. The quantitative estimate of drug-likeness (QED) is 0.717. The SMILES string of the molecule is N#CCc1cccc(SCC(F)F)c1. The minimum absolute atomic E-state index is 0.198. The summed E-state index contributed by atoms with van der Waals surface area (Å²) in [5.74, 6) is -0.198. The van der Waals surface area contributed by atoms with Gasteiger partial charge in [-0.3, -0.25) is 0 Å². The minimum atomic E-state index is -2.29. The number of rotatable bonds is 4. The van der Waals surface area contributed by atoms with Crippen molar-refractivity contribution in [3.05, 3.63) is 29.8 Å². The zero-order valence-corrected chi connectivity index (χ0v) is 8.23. The van der Waals surface area contributed by atoms with Crippen LogP contribution in [0.15, 0.2) is 29.2 Å². The topological polar surface area (TPSA) is 23.8 Å². The molecule has 0 saturated carbocycles. The van der Waals surface area contributed by atoms with Crippen molar-refractivity contribution in [3.8, 4) is 6.07 Å². The second kappa shape index (κ2) is 5.61. The van der Waals surface area contributed by atoms with Gasteiger partial charge < -0.3 is 0 Å². The summed E-state index contributed by atoms with van der Waals surface area (Å²) in [6.45, 7) is 0. The lowest BCUT2D eigenvalue weighted by Gasteiger charge is -2.02. The predicted molar refractivity (Wildman–Crippen MR) is 52.5 cm³/mol. The van der Waals surface area contributed by atoms with Crippen molar-refractivity contribution in [2.24, 2.45) is 0 Å². The fourth-order valence-corrected chi connectivity index (χ4v) is 1.72. The Kier molecular flexibility index (Phi) is 4.41. The van der Waals surface area contributed by atoms with Crippen molar-refractivity contribution in [2.75, 3.05) is 5.75 Å². The molecule has 0 heterocycles. The molecule has 0 bridgehead atoms. The van der Waals surface area contributed by atoms with E-state index in [-0.39, 0.29) is 5.75 Å². The van der Waals surface area contributed by atoms with Crippen molar-refractivity contribution in [1.29, 1.82) is 5.26 Å². The maximum absolute atomic E-state index is 11.9. The van der Waals surface area contributed by atoms with Crippen molar-refractivity contribution >= 4 is 11.8 Å². The van der Waals surface area contributed by atoms with E-state index in [2.05, 4.69) is 0 Å². The van der Waals surface area contributed by atoms with Gasteiger partial charge in [-0.05, 0) is 17.7 Å². The van der Waals surface area contributed by atoms with Crippen LogP contribution < -0.4 is 0 Å². The van der Waals surface area contributed by atoms with Crippen LogP contribution in [0.1, 0.15) is 5.56 Å². The monoisotopic (exact) mass is 213 g/mol. The van der Waals surface area contributed by atoms with Crippen molar-refractivity contribution < 1.29 is 8.78 Å². The summed E-state index contributed by atoms with van der Waals surface area (Å²) in [5, 5.41) is 8.45. The van der Waals surface area contributed by atoms with Crippen LogP contribution in [0, 0.1) is 11.3 Å². The molecule has 0 aliphatic carbocycles. The lowest BCUT2D eigenvalue weighted by molar-refractivity contribution is 0.177. The summed E-state index contributed by atoms with van der Waals surface area (Å²) >= 11 is 1.11. The lowest BCUT2D eigenvalue weighted by Crippen LogP contribution is -1.93. The fourth-order valence-electron chi connectivity index (χ4n) is 0.996. The molecular formula is C10H9F2NS. The number of hydrogen-bond donors (Lipinski definition) is 0. The third kappa shape index (κ3) is 3.75. The van der Waals surface area contributed by atoms with Crippen LogP contribution in [0.5, 0.6) is 0 Å². The zero-order chi connectivity index (χ0) is 10.4. The molecule has 0 saturated heterocycles. The average Bonchev–Trinajstić information content (AvgIpc) is 2.16. The number of hydrogen-bond acceptors (Lipinski definition) is 2. The smallest absolute Gasteiger partial charge is 0.210 e. The van der Waals surface area contributed by atoms with E-state index in [1.807, 2.05) is 12.1 Å². The van der Waals surface area contributed by atoms with Crippen molar-refractivity contribution in [2.45, 2.75) is 17.7 Å². The van der Waals surface area contributed by atoms with E-state index >= 15 is 0 Å². The Morgan fingerprint density at radius 3 is 2.86 bits per heavy atom. The maximum Gasteiger partial charge on any atom is 0.247 e. The summed E-state index contributed by atoms with van der Waals surface area (Å²) in [5.41, 5.74) is 0.867. The first kappa shape index (κ1) is 11.0. The Morgan fingerprint density at radius 1 is 1.43 bits per heavy atom. The second-order valence-corrected chi connectivity index (χ2v) is 3.78. The Labute approximate surface area is 85.7 Å². The highest BCUT2D eigenvalue weighted by Gasteiger charge is 2.03. The number of nitrogens with zero attached hydrogens (tertiary/aromatic N) is 1. The van der Waals surface area contributed by atoms with Gasteiger partial charge in [0.25, 0.3) is 0 Å². The number of alkyl halides is 2. The lowest BCUT2D eigenvalue weighted by atomic mass is 10.2. The van der Waals surface area contributed by atoms with E-state index in [1.165, 1.54) is 0 Å². The Balaban J connectivity index is 2.60. The predicted octanol–water partition coefficient (Wildman–Crippen LogP) is 3.11. The molecule has 0 radical (unpaired) electrons. The van der Waals surface area contributed by atoms with E-state index in [0.717, 1.165) is 22.2 Å². The molecule has 0 aromatic heterocycles. The normalized spacial score (nSPS) is 10.1. The van der Waals surface area contributed by atoms with Gasteiger partial charge in [-0.1, -0.05) is 12.1 Å². The van der Waals surface area contributed by atoms with Gasteiger partial charge in [-0.2, -0.15) is 5.26 Å². The number of nitriles is 1. The molecule has 74 valence electrons. The van der Waals surface area contributed by atoms with Crippen LogP contribution in [-0.4, -0.2) is 12.2 Å². The van der Waals surface area contributed by atoms with Gasteiger partial charge in [-0.25, -0.2) is 8.78 Å². The first-order valence-electron chi connectivity index (χ1n) is 4.09. The molecule has 0 aliphatic heterocycles. The van der Waals surface area contributed by atoms with Gasteiger partial charge >= 0.3 is 0 Å². The first-order chi connectivity index (χ1) is 6.72. The highest BCUT2D eigenvalue weighted by Crippen LogP contribution is 2.21. The summed E-state index contributed by atoms with van der Waals surface area (Å²) in [7, 11) is 0. The zero-order valence-electron chi connectivity index (χ0n) is 7.41. The van der Waals surface area contributed by atoms with Crippen LogP contribution in [0.3, 0.4) is 0 Å². The fraction of sp³-hybridized carbons (Fsp3) is 0.300. The number of thioether (sulfide) groups is 1. The Bertz CT molecular complexity index is 333. The molecule has 1 aromatic carbocycles. The Morgan fingerprint density at radius 2 is 2.21 bits per heavy atom. The summed E-state index contributed by atoms with van der Waals surface area (Å²) < 4.78 is 23.8. The minimum Gasteiger partial charge on any atom is -0.210 e. The molecule has 4 heteroatoms. The largest absolute Gasteiger partial charge is 0.247 e. The van der Waals surface area contributed by atoms with Crippen molar-refractivity contribution in [3.63, 3.8) is 0 Å². The highest BCUT2D eigenvalue weighted by molar-refractivity contribution is 7.99. The molecule has 14 heavy (non-hydrogen) atoms. The third-order valence-corrected chi connectivity index (χ3v) is 2.56. The van der Waals surface area contributed by atoms with Crippen molar-refractivity contribution in [1.82, 2.24) is 0 Å². The molecule has 1 rings (SSSR count). The molecule has 0 aliphatic rings. The molecular weight excluding hydrogens is 204 g/mol.